The molecule has 0 amide bonds. The van der Waals surface area contributed by atoms with Gasteiger partial charge in [-0.05, 0) is 37.0 Å². The first-order valence-corrected chi connectivity index (χ1v) is 4.19. The van der Waals surface area contributed by atoms with E-state index in [2.05, 4.69) is 12.2 Å². The van der Waals surface area contributed by atoms with Gasteiger partial charge in [-0.1, -0.05) is 12.2 Å². The topological polar surface area (TPSA) is 20.2 Å². The van der Waals surface area contributed by atoms with Crippen molar-refractivity contribution in [2.24, 2.45) is 17.8 Å². The fourth-order valence-electron chi connectivity index (χ4n) is 2.41. The van der Waals surface area contributed by atoms with Gasteiger partial charge in [0.25, 0.3) is 0 Å². The Morgan fingerprint density at radius 1 is 1.40 bits per heavy atom. The lowest BCUT2D eigenvalue weighted by Crippen LogP contribution is -2.12. The third-order valence-corrected chi connectivity index (χ3v) is 3.03. The van der Waals surface area contributed by atoms with Crippen molar-refractivity contribution in [1.82, 2.24) is 0 Å². The first kappa shape index (κ1) is 6.41. The van der Waals surface area contributed by atoms with E-state index in [4.69, 9.17) is 5.11 Å². The van der Waals surface area contributed by atoms with Crippen molar-refractivity contribution in [2.75, 3.05) is 6.61 Å². The Morgan fingerprint density at radius 2 is 2.30 bits per heavy atom. The van der Waals surface area contributed by atoms with Crippen LogP contribution in [0.1, 0.15) is 19.3 Å². The van der Waals surface area contributed by atoms with E-state index in [1.54, 1.807) is 0 Å². The average Bonchev–Trinajstić information content (AvgIpc) is 2.44. The molecule has 1 heteroatoms. The van der Waals surface area contributed by atoms with Crippen LogP contribution < -0.4 is 0 Å². The molecule has 1 N–H and O–H groups in total. The molecule has 1 nitrogen and oxygen atoms in total. The molecular formula is C9H14O. The summed E-state index contributed by atoms with van der Waals surface area (Å²) in [5.74, 6) is 2.20. The number of rotatable bonds is 1. The van der Waals surface area contributed by atoms with Gasteiger partial charge in [0.15, 0.2) is 0 Å². The fourth-order valence-corrected chi connectivity index (χ4v) is 2.41. The smallest absolute Gasteiger partial charge is 0.0465 e. The van der Waals surface area contributed by atoms with E-state index in [1.165, 1.54) is 19.3 Å². The summed E-state index contributed by atoms with van der Waals surface area (Å²) in [6.45, 7) is 0.394. The van der Waals surface area contributed by atoms with Gasteiger partial charge in [0.05, 0.1) is 0 Å². The van der Waals surface area contributed by atoms with Crippen LogP contribution in [0.15, 0.2) is 12.2 Å². The summed E-state index contributed by atoms with van der Waals surface area (Å²) in [7, 11) is 0. The fraction of sp³-hybridized carbons (Fsp3) is 0.778. The van der Waals surface area contributed by atoms with Crippen LogP contribution in [0.2, 0.25) is 0 Å². The van der Waals surface area contributed by atoms with Crippen molar-refractivity contribution in [3.8, 4) is 0 Å². The van der Waals surface area contributed by atoms with Crippen LogP contribution in [0, 0.1) is 17.8 Å². The molecule has 2 aliphatic rings. The molecule has 0 unspecified atom stereocenters. The summed E-state index contributed by atoms with van der Waals surface area (Å²) in [5, 5.41) is 8.98. The number of hydrogen-bond acceptors (Lipinski definition) is 1. The van der Waals surface area contributed by atoms with Crippen molar-refractivity contribution in [2.45, 2.75) is 19.3 Å². The zero-order chi connectivity index (χ0) is 6.97. The first-order chi connectivity index (χ1) is 4.92. The third-order valence-electron chi connectivity index (χ3n) is 3.03. The lowest BCUT2D eigenvalue weighted by atomic mass is 9.93. The highest BCUT2D eigenvalue weighted by Gasteiger charge is 2.35. The maximum atomic E-state index is 8.98. The quantitative estimate of drug-likeness (QED) is 0.545. The number of hydrogen-bond donors (Lipinski definition) is 1. The van der Waals surface area contributed by atoms with Crippen LogP contribution in [-0.4, -0.2) is 11.7 Å². The van der Waals surface area contributed by atoms with E-state index >= 15 is 0 Å². The predicted octanol–water partition coefficient (Wildman–Crippen LogP) is 1.58. The van der Waals surface area contributed by atoms with Crippen molar-refractivity contribution >= 4 is 0 Å². The van der Waals surface area contributed by atoms with Crippen LogP contribution in [0.5, 0.6) is 0 Å². The molecule has 2 aliphatic carbocycles. The maximum Gasteiger partial charge on any atom is 0.0465 e. The highest BCUT2D eigenvalue weighted by Crippen LogP contribution is 2.43. The van der Waals surface area contributed by atoms with Gasteiger partial charge in [-0.2, -0.15) is 0 Å². The molecule has 0 bridgehead atoms. The van der Waals surface area contributed by atoms with Crippen molar-refractivity contribution < 1.29 is 5.11 Å². The van der Waals surface area contributed by atoms with Gasteiger partial charge in [-0.15, -0.1) is 0 Å². The third kappa shape index (κ3) is 0.807. The first-order valence-electron chi connectivity index (χ1n) is 4.19. The second kappa shape index (κ2) is 2.39. The number of fused-ring (bicyclic) bond motifs is 1. The van der Waals surface area contributed by atoms with Crippen molar-refractivity contribution in [1.29, 1.82) is 0 Å². The molecule has 0 aromatic carbocycles. The molecule has 0 heterocycles. The van der Waals surface area contributed by atoms with Crippen LogP contribution in [0.25, 0.3) is 0 Å². The molecule has 3 atom stereocenters. The van der Waals surface area contributed by atoms with Gasteiger partial charge in [-0.3, -0.25) is 0 Å². The summed E-state index contributed by atoms with van der Waals surface area (Å²) < 4.78 is 0. The lowest BCUT2D eigenvalue weighted by Gasteiger charge is -2.13. The van der Waals surface area contributed by atoms with Gasteiger partial charge >= 0.3 is 0 Å². The second-order valence-electron chi connectivity index (χ2n) is 3.52. The molecule has 2 rings (SSSR count). The van der Waals surface area contributed by atoms with E-state index in [-0.39, 0.29) is 0 Å². The summed E-state index contributed by atoms with van der Waals surface area (Å²) in [6.07, 6.45) is 8.43. The molecule has 0 aromatic rings. The van der Waals surface area contributed by atoms with Crippen molar-refractivity contribution in [3.63, 3.8) is 0 Å². The normalized spacial score (nSPS) is 44.3. The van der Waals surface area contributed by atoms with E-state index in [1.807, 2.05) is 0 Å². The van der Waals surface area contributed by atoms with E-state index in [9.17, 15) is 0 Å². The highest BCUT2D eigenvalue weighted by atomic mass is 16.3. The Hall–Kier alpha value is -0.300. The maximum absolute atomic E-state index is 8.98. The van der Waals surface area contributed by atoms with Crippen LogP contribution in [-0.2, 0) is 0 Å². The molecule has 0 aromatic heterocycles. The summed E-state index contributed by atoms with van der Waals surface area (Å²) in [5.41, 5.74) is 0. The Balaban J connectivity index is 2.07. The van der Waals surface area contributed by atoms with Gasteiger partial charge in [-0.25, -0.2) is 0 Å². The van der Waals surface area contributed by atoms with E-state index < -0.39 is 0 Å². The zero-order valence-corrected chi connectivity index (χ0v) is 6.16. The van der Waals surface area contributed by atoms with Gasteiger partial charge in [0.1, 0.15) is 0 Å². The zero-order valence-electron chi connectivity index (χ0n) is 6.16. The largest absolute Gasteiger partial charge is 0.396 e. The average molecular weight is 138 g/mol. The van der Waals surface area contributed by atoms with E-state index in [0.29, 0.717) is 12.5 Å². The van der Waals surface area contributed by atoms with Crippen LogP contribution >= 0.6 is 0 Å². The Kier molecular flexibility index (Phi) is 1.53. The number of aliphatic hydroxyl groups excluding tert-OH is 1. The summed E-state index contributed by atoms with van der Waals surface area (Å²) in [4.78, 5) is 0. The van der Waals surface area contributed by atoms with E-state index in [0.717, 1.165) is 11.8 Å². The second-order valence-corrected chi connectivity index (χ2v) is 3.52. The molecular weight excluding hydrogens is 124 g/mol. The monoisotopic (exact) mass is 138 g/mol. The van der Waals surface area contributed by atoms with Gasteiger partial charge < -0.3 is 5.11 Å². The predicted molar refractivity (Wildman–Crippen MR) is 40.5 cm³/mol. The SMILES string of the molecule is OC[C@@H]1CC[C@H]2CC=C[C@@H]12. The Morgan fingerprint density at radius 3 is 3.10 bits per heavy atom. The molecule has 0 radical (unpaired) electrons. The van der Waals surface area contributed by atoms with Crippen LogP contribution in [0.4, 0.5) is 0 Å². The molecule has 0 aliphatic heterocycles. The summed E-state index contributed by atoms with van der Waals surface area (Å²) in [6, 6.07) is 0. The molecule has 10 heavy (non-hydrogen) atoms. The Bertz CT molecular complexity index is 151. The number of aliphatic hydroxyl groups is 1. The molecule has 0 saturated heterocycles. The lowest BCUT2D eigenvalue weighted by molar-refractivity contribution is 0.204. The summed E-state index contributed by atoms with van der Waals surface area (Å²) >= 11 is 0. The van der Waals surface area contributed by atoms with Gasteiger partial charge in [0.2, 0.25) is 0 Å². The Labute approximate surface area is 61.8 Å². The molecule has 0 spiro atoms. The van der Waals surface area contributed by atoms with Gasteiger partial charge in [0, 0.05) is 6.61 Å². The minimum Gasteiger partial charge on any atom is -0.396 e. The molecule has 1 saturated carbocycles. The standard InChI is InChI=1S/C9H14O/c10-6-8-5-4-7-2-1-3-9(7)8/h1,3,7-10H,2,4-6H2/t7-,8+,9-/m1/s1. The molecule has 56 valence electrons. The van der Waals surface area contributed by atoms with Crippen LogP contribution in [0.3, 0.4) is 0 Å². The minimum absolute atomic E-state index is 0.394. The van der Waals surface area contributed by atoms with Crippen molar-refractivity contribution in [3.05, 3.63) is 12.2 Å². The minimum atomic E-state index is 0.394. The number of allylic oxidation sites excluding steroid dienone is 2. The highest BCUT2D eigenvalue weighted by molar-refractivity contribution is 5.06. The molecule has 1 fully saturated rings.